The van der Waals surface area contributed by atoms with Gasteiger partial charge in [-0.15, -0.1) is 0 Å². The van der Waals surface area contributed by atoms with Crippen LogP contribution in [0.25, 0.3) is 0 Å². The first-order valence-electron chi connectivity index (χ1n) is 7.77. The SMILES string of the molecule is O=C(NC[C@@H]1CC(=O)N(c2ccccc2)C1)Nc1cccc(Cl)c1. The Morgan fingerprint density at radius 2 is 1.96 bits per heavy atom. The van der Waals surface area contributed by atoms with Crippen molar-refractivity contribution in [3.63, 3.8) is 0 Å². The largest absolute Gasteiger partial charge is 0.338 e. The van der Waals surface area contributed by atoms with Crippen molar-refractivity contribution in [1.29, 1.82) is 0 Å². The monoisotopic (exact) mass is 343 g/mol. The van der Waals surface area contributed by atoms with E-state index in [2.05, 4.69) is 10.6 Å². The van der Waals surface area contributed by atoms with Crippen LogP contribution in [0.5, 0.6) is 0 Å². The number of amides is 3. The van der Waals surface area contributed by atoms with Gasteiger partial charge in [0, 0.05) is 41.8 Å². The number of carbonyl (C=O) groups is 2. The van der Waals surface area contributed by atoms with Gasteiger partial charge in [-0.25, -0.2) is 4.79 Å². The van der Waals surface area contributed by atoms with Crippen molar-refractivity contribution in [2.75, 3.05) is 23.3 Å². The number of hydrogen-bond donors (Lipinski definition) is 2. The smallest absolute Gasteiger partial charge is 0.319 e. The summed E-state index contributed by atoms with van der Waals surface area (Å²) < 4.78 is 0. The van der Waals surface area contributed by atoms with Crippen LogP contribution in [0.4, 0.5) is 16.2 Å². The first kappa shape index (κ1) is 16.3. The number of anilines is 2. The van der Waals surface area contributed by atoms with E-state index in [9.17, 15) is 9.59 Å². The Morgan fingerprint density at radius 3 is 2.71 bits per heavy atom. The number of hydrogen-bond acceptors (Lipinski definition) is 2. The van der Waals surface area contributed by atoms with E-state index in [1.807, 2.05) is 30.3 Å². The van der Waals surface area contributed by atoms with Crippen LogP contribution >= 0.6 is 11.6 Å². The van der Waals surface area contributed by atoms with Crippen LogP contribution in [0, 0.1) is 5.92 Å². The second kappa shape index (κ2) is 7.36. The quantitative estimate of drug-likeness (QED) is 0.892. The Morgan fingerprint density at radius 1 is 1.17 bits per heavy atom. The lowest BCUT2D eigenvalue weighted by molar-refractivity contribution is -0.117. The summed E-state index contributed by atoms with van der Waals surface area (Å²) in [5, 5.41) is 6.10. The lowest BCUT2D eigenvalue weighted by atomic mass is 10.1. The van der Waals surface area contributed by atoms with E-state index in [1.54, 1.807) is 29.2 Å². The van der Waals surface area contributed by atoms with Gasteiger partial charge in [0.15, 0.2) is 0 Å². The van der Waals surface area contributed by atoms with Gasteiger partial charge in [-0.1, -0.05) is 35.9 Å². The van der Waals surface area contributed by atoms with E-state index in [0.717, 1.165) is 5.69 Å². The van der Waals surface area contributed by atoms with Gasteiger partial charge >= 0.3 is 6.03 Å². The maximum Gasteiger partial charge on any atom is 0.319 e. The second-order valence-corrected chi connectivity index (χ2v) is 6.19. The molecule has 124 valence electrons. The molecular formula is C18H18ClN3O2. The van der Waals surface area contributed by atoms with Gasteiger partial charge in [0.05, 0.1) is 0 Å². The molecule has 2 aromatic carbocycles. The highest BCUT2D eigenvalue weighted by Crippen LogP contribution is 2.24. The number of urea groups is 1. The van der Waals surface area contributed by atoms with Crippen LogP contribution in [0.3, 0.4) is 0 Å². The van der Waals surface area contributed by atoms with Crippen molar-refractivity contribution >= 4 is 34.9 Å². The maximum absolute atomic E-state index is 12.1. The third-order valence-corrected chi connectivity index (χ3v) is 4.14. The Hall–Kier alpha value is -2.53. The Balaban J connectivity index is 1.50. The lowest BCUT2D eigenvalue weighted by Gasteiger charge is -2.17. The Kier molecular flexibility index (Phi) is 5.01. The summed E-state index contributed by atoms with van der Waals surface area (Å²) in [6.45, 7) is 1.06. The molecule has 0 unspecified atom stereocenters. The van der Waals surface area contributed by atoms with E-state index in [4.69, 9.17) is 11.6 Å². The number of benzene rings is 2. The number of nitrogens with zero attached hydrogens (tertiary/aromatic N) is 1. The maximum atomic E-state index is 12.1. The Labute approximate surface area is 145 Å². The van der Waals surface area contributed by atoms with Gasteiger partial charge in [0.1, 0.15) is 0 Å². The summed E-state index contributed by atoms with van der Waals surface area (Å²) in [5.74, 6) is 0.186. The van der Waals surface area contributed by atoms with E-state index in [-0.39, 0.29) is 17.9 Å². The van der Waals surface area contributed by atoms with Crippen LogP contribution in [-0.2, 0) is 4.79 Å². The van der Waals surface area contributed by atoms with Crippen LogP contribution < -0.4 is 15.5 Å². The highest BCUT2D eigenvalue weighted by atomic mass is 35.5. The van der Waals surface area contributed by atoms with Gasteiger partial charge in [-0.05, 0) is 30.3 Å². The molecule has 0 spiro atoms. The van der Waals surface area contributed by atoms with Gasteiger partial charge in [0.2, 0.25) is 5.91 Å². The molecule has 1 heterocycles. The van der Waals surface area contributed by atoms with Crippen molar-refractivity contribution in [3.05, 3.63) is 59.6 Å². The highest BCUT2D eigenvalue weighted by molar-refractivity contribution is 6.30. The van der Waals surface area contributed by atoms with E-state index >= 15 is 0 Å². The summed E-state index contributed by atoms with van der Waals surface area (Å²) in [6.07, 6.45) is 0.437. The molecule has 2 N–H and O–H groups in total. The molecule has 3 amide bonds. The van der Waals surface area contributed by atoms with E-state index < -0.39 is 0 Å². The van der Waals surface area contributed by atoms with Crippen molar-refractivity contribution in [3.8, 4) is 0 Å². The molecule has 1 aliphatic rings. The van der Waals surface area contributed by atoms with E-state index in [0.29, 0.717) is 30.2 Å². The van der Waals surface area contributed by atoms with Crippen LogP contribution in [0.1, 0.15) is 6.42 Å². The third kappa shape index (κ3) is 4.06. The predicted octanol–water partition coefficient (Wildman–Crippen LogP) is 3.51. The molecule has 5 nitrogen and oxygen atoms in total. The minimum Gasteiger partial charge on any atom is -0.338 e. The summed E-state index contributed by atoms with van der Waals surface area (Å²) in [6, 6.07) is 16.2. The molecule has 0 aromatic heterocycles. The zero-order valence-corrected chi connectivity index (χ0v) is 13.8. The molecule has 3 rings (SSSR count). The van der Waals surface area contributed by atoms with Crippen LogP contribution in [0.2, 0.25) is 5.02 Å². The number of rotatable bonds is 4. The minimum atomic E-state index is -0.303. The molecule has 1 fully saturated rings. The molecule has 2 aromatic rings. The lowest BCUT2D eigenvalue weighted by Crippen LogP contribution is -2.34. The van der Waals surface area contributed by atoms with Gasteiger partial charge < -0.3 is 15.5 Å². The van der Waals surface area contributed by atoms with Crippen molar-refractivity contribution < 1.29 is 9.59 Å². The van der Waals surface area contributed by atoms with E-state index in [1.165, 1.54) is 0 Å². The Bertz CT molecular complexity index is 736. The molecule has 0 bridgehead atoms. The molecule has 1 aliphatic heterocycles. The topological polar surface area (TPSA) is 61.4 Å². The number of halogens is 1. The fourth-order valence-electron chi connectivity index (χ4n) is 2.75. The highest BCUT2D eigenvalue weighted by Gasteiger charge is 2.30. The summed E-state index contributed by atoms with van der Waals surface area (Å²) in [4.78, 5) is 25.9. The van der Waals surface area contributed by atoms with Gasteiger partial charge in [0.25, 0.3) is 0 Å². The molecule has 0 aliphatic carbocycles. The minimum absolute atomic E-state index is 0.0863. The van der Waals surface area contributed by atoms with Crippen molar-refractivity contribution in [2.45, 2.75) is 6.42 Å². The molecular weight excluding hydrogens is 326 g/mol. The normalized spacial score (nSPS) is 17.0. The molecule has 1 atom stereocenters. The standard InChI is InChI=1S/C18H18ClN3O2/c19-14-5-4-6-15(10-14)21-18(24)20-11-13-9-17(23)22(12-13)16-7-2-1-3-8-16/h1-8,10,13H,9,11-12H2,(H2,20,21,24)/t13-/m0/s1. The predicted molar refractivity (Wildman–Crippen MR) is 95.4 cm³/mol. The van der Waals surface area contributed by atoms with Crippen molar-refractivity contribution in [1.82, 2.24) is 5.32 Å². The van der Waals surface area contributed by atoms with Gasteiger partial charge in [-0.3, -0.25) is 4.79 Å². The summed E-state index contributed by atoms with van der Waals surface area (Å²) in [5.41, 5.74) is 1.53. The first-order valence-corrected chi connectivity index (χ1v) is 8.15. The molecule has 6 heteroatoms. The zero-order valence-electron chi connectivity index (χ0n) is 13.0. The van der Waals surface area contributed by atoms with Crippen LogP contribution in [-0.4, -0.2) is 25.0 Å². The zero-order chi connectivity index (χ0) is 16.9. The number of para-hydroxylation sites is 1. The number of carbonyl (C=O) groups excluding carboxylic acids is 2. The third-order valence-electron chi connectivity index (χ3n) is 3.91. The summed E-state index contributed by atoms with van der Waals surface area (Å²) in [7, 11) is 0. The number of nitrogens with one attached hydrogen (secondary N) is 2. The molecule has 0 saturated carbocycles. The fraction of sp³-hybridized carbons (Fsp3) is 0.222. The second-order valence-electron chi connectivity index (χ2n) is 5.76. The molecule has 1 saturated heterocycles. The average Bonchev–Trinajstić information content (AvgIpc) is 2.95. The first-order chi connectivity index (χ1) is 11.6. The van der Waals surface area contributed by atoms with Crippen molar-refractivity contribution in [2.24, 2.45) is 5.92 Å². The van der Waals surface area contributed by atoms with Crippen LogP contribution in [0.15, 0.2) is 54.6 Å². The van der Waals surface area contributed by atoms with Gasteiger partial charge in [-0.2, -0.15) is 0 Å². The summed E-state index contributed by atoms with van der Waals surface area (Å²) >= 11 is 5.88. The molecule has 24 heavy (non-hydrogen) atoms. The molecule has 0 radical (unpaired) electrons. The average molecular weight is 344 g/mol. The fourth-order valence-corrected chi connectivity index (χ4v) is 2.94.